The van der Waals surface area contributed by atoms with Gasteiger partial charge in [0, 0.05) is 22.2 Å². The molecule has 1 amide bonds. The number of carboxylic acids is 1. The Balaban J connectivity index is 2.30. The third-order valence-corrected chi connectivity index (χ3v) is 4.88. The minimum atomic E-state index is -3.42. The highest BCUT2D eigenvalue weighted by Gasteiger charge is 2.16. The SMILES string of the molecule is CCS(=O)(=O)CC(=O)Nc1ccc(OCC(=O)O)c2ccccc12. The van der Waals surface area contributed by atoms with E-state index in [4.69, 9.17) is 9.84 Å². The number of carbonyl (C=O) groups excluding carboxylic acids is 1. The highest BCUT2D eigenvalue weighted by atomic mass is 32.2. The Bertz CT molecular complexity index is 875. The second kappa shape index (κ2) is 7.31. The van der Waals surface area contributed by atoms with Crippen molar-refractivity contribution in [3.8, 4) is 5.75 Å². The van der Waals surface area contributed by atoms with Crippen molar-refractivity contribution >= 4 is 38.2 Å². The molecular weight excluding hydrogens is 334 g/mol. The van der Waals surface area contributed by atoms with Crippen LogP contribution in [0.1, 0.15) is 6.92 Å². The monoisotopic (exact) mass is 351 g/mol. The first-order valence-corrected chi connectivity index (χ1v) is 9.01. The lowest BCUT2D eigenvalue weighted by Gasteiger charge is -2.12. The first-order chi connectivity index (χ1) is 11.3. The van der Waals surface area contributed by atoms with Crippen LogP contribution in [0.15, 0.2) is 36.4 Å². The fourth-order valence-electron chi connectivity index (χ4n) is 2.13. The first kappa shape index (κ1) is 17.7. The van der Waals surface area contributed by atoms with E-state index in [0.717, 1.165) is 0 Å². The summed E-state index contributed by atoms with van der Waals surface area (Å²) in [6.07, 6.45) is 0. The maximum absolute atomic E-state index is 11.9. The van der Waals surface area contributed by atoms with E-state index in [9.17, 15) is 18.0 Å². The van der Waals surface area contributed by atoms with Crippen LogP contribution >= 0.6 is 0 Å². The van der Waals surface area contributed by atoms with Crippen molar-refractivity contribution in [1.82, 2.24) is 0 Å². The number of fused-ring (bicyclic) bond motifs is 1. The Kier molecular flexibility index (Phi) is 5.40. The van der Waals surface area contributed by atoms with Gasteiger partial charge < -0.3 is 15.2 Å². The Morgan fingerprint density at radius 2 is 1.79 bits per heavy atom. The summed E-state index contributed by atoms with van der Waals surface area (Å²) in [6, 6.07) is 10.0. The molecular formula is C16H17NO6S. The lowest BCUT2D eigenvalue weighted by Crippen LogP contribution is -2.24. The van der Waals surface area contributed by atoms with Gasteiger partial charge in [-0.05, 0) is 12.1 Å². The second-order valence-corrected chi connectivity index (χ2v) is 7.42. The molecule has 0 aliphatic carbocycles. The zero-order valence-corrected chi connectivity index (χ0v) is 13.8. The molecule has 7 nitrogen and oxygen atoms in total. The molecule has 24 heavy (non-hydrogen) atoms. The van der Waals surface area contributed by atoms with E-state index in [2.05, 4.69) is 5.32 Å². The van der Waals surface area contributed by atoms with Crippen LogP contribution in [0.25, 0.3) is 10.8 Å². The minimum Gasteiger partial charge on any atom is -0.481 e. The van der Waals surface area contributed by atoms with Crippen LogP contribution in [-0.4, -0.2) is 43.5 Å². The molecule has 0 saturated carbocycles. The summed E-state index contributed by atoms with van der Waals surface area (Å²) < 4.78 is 28.3. The molecule has 0 spiro atoms. The number of aliphatic carboxylic acids is 1. The maximum atomic E-state index is 11.9. The number of hydrogen-bond acceptors (Lipinski definition) is 5. The van der Waals surface area contributed by atoms with E-state index < -0.39 is 34.1 Å². The maximum Gasteiger partial charge on any atom is 0.341 e. The van der Waals surface area contributed by atoms with Crippen molar-refractivity contribution in [2.75, 3.05) is 23.4 Å². The van der Waals surface area contributed by atoms with Gasteiger partial charge in [-0.2, -0.15) is 0 Å². The fourth-order valence-corrected chi connectivity index (χ4v) is 2.81. The van der Waals surface area contributed by atoms with Gasteiger partial charge in [0.2, 0.25) is 5.91 Å². The molecule has 2 rings (SSSR count). The van der Waals surface area contributed by atoms with Crippen LogP contribution in [0.3, 0.4) is 0 Å². The van der Waals surface area contributed by atoms with Crippen LogP contribution in [0.5, 0.6) is 5.75 Å². The number of carbonyl (C=O) groups is 2. The normalized spacial score (nSPS) is 11.2. The van der Waals surface area contributed by atoms with E-state index in [1.165, 1.54) is 13.0 Å². The predicted octanol–water partition coefficient (Wildman–Crippen LogP) is 1.68. The highest BCUT2D eigenvalue weighted by molar-refractivity contribution is 7.92. The number of hydrogen-bond donors (Lipinski definition) is 2. The molecule has 0 unspecified atom stereocenters. The molecule has 0 saturated heterocycles. The Labute approximate surface area is 139 Å². The third-order valence-electron chi connectivity index (χ3n) is 3.30. The van der Waals surface area contributed by atoms with Gasteiger partial charge in [-0.1, -0.05) is 31.2 Å². The number of amides is 1. The third kappa shape index (κ3) is 4.45. The van der Waals surface area contributed by atoms with Crippen molar-refractivity contribution in [3.63, 3.8) is 0 Å². The Morgan fingerprint density at radius 3 is 2.42 bits per heavy atom. The summed E-state index contributed by atoms with van der Waals surface area (Å²) in [5, 5.41) is 12.5. The molecule has 0 atom stereocenters. The number of anilines is 1. The van der Waals surface area contributed by atoms with Gasteiger partial charge in [-0.25, -0.2) is 13.2 Å². The molecule has 0 aromatic heterocycles. The molecule has 128 valence electrons. The number of sulfone groups is 1. The molecule has 2 N–H and O–H groups in total. The van der Waals surface area contributed by atoms with Crippen molar-refractivity contribution in [2.24, 2.45) is 0 Å². The summed E-state index contributed by atoms with van der Waals surface area (Å²) in [7, 11) is -3.42. The summed E-state index contributed by atoms with van der Waals surface area (Å²) in [6.45, 7) is 0.997. The molecule has 8 heteroatoms. The second-order valence-electron chi connectivity index (χ2n) is 5.06. The number of rotatable bonds is 7. The molecule has 2 aromatic rings. The van der Waals surface area contributed by atoms with E-state index >= 15 is 0 Å². The summed E-state index contributed by atoms with van der Waals surface area (Å²) in [5.74, 6) is -2.05. The molecule has 0 bridgehead atoms. The molecule has 0 aliphatic rings. The number of benzene rings is 2. The van der Waals surface area contributed by atoms with Gasteiger partial charge in [0.25, 0.3) is 0 Å². The molecule has 0 aliphatic heterocycles. The highest BCUT2D eigenvalue weighted by Crippen LogP contribution is 2.31. The topological polar surface area (TPSA) is 110 Å². The van der Waals surface area contributed by atoms with Gasteiger partial charge >= 0.3 is 5.97 Å². The van der Waals surface area contributed by atoms with Crippen LogP contribution in [0, 0.1) is 0 Å². The number of nitrogens with one attached hydrogen (secondary N) is 1. The average Bonchev–Trinajstić information content (AvgIpc) is 2.53. The van der Waals surface area contributed by atoms with Crippen LogP contribution in [-0.2, 0) is 19.4 Å². The standard InChI is InChI=1S/C16H17NO6S/c1-2-24(21,22)10-15(18)17-13-7-8-14(23-9-16(19)20)12-6-4-3-5-11(12)13/h3-8H,2,9-10H2,1H3,(H,17,18)(H,19,20). The van der Waals surface area contributed by atoms with Crippen molar-refractivity contribution in [3.05, 3.63) is 36.4 Å². The molecule has 0 fully saturated rings. The molecule has 0 heterocycles. The first-order valence-electron chi connectivity index (χ1n) is 7.19. The van der Waals surface area contributed by atoms with E-state index in [1.54, 1.807) is 30.3 Å². The summed E-state index contributed by atoms with van der Waals surface area (Å²) in [4.78, 5) is 22.6. The van der Waals surface area contributed by atoms with Gasteiger partial charge in [-0.15, -0.1) is 0 Å². The average molecular weight is 351 g/mol. The van der Waals surface area contributed by atoms with Crippen molar-refractivity contribution < 1.29 is 27.9 Å². The zero-order chi connectivity index (χ0) is 17.7. The van der Waals surface area contributed by atoms with E-state index in [0.29, 0.717) is 22.2 Å². The fraction of sp³-hybridized carbons (Fsp3) is 0.250. The van der Waals surface area contributed by atoms with Gasteiger partial charge in [0.05, 0.1) is 0 Å². The molecule has 0 radical (unpaired) electrons. The van der Waals surface area contributed by atoms with Gasteiger partial charge in [0.15, 0.2) is 16.4 Å². The summed E-state index contributed by atoms with van der Waals surface area (Å²) >= 11 is 0. The summed E-state index contributed by atoms with van der Waals surface area (Å²) in [5.41, 5.74) is 0.435. The number of carboxylic acid groups (broad SMARTS) is 1. The minimum absolute atomic E-state index is 0.108. The van der Waals surface area contributed by atoms with E-state index in [-0.39, 0.29) is 5.75 Å². The Hall–Kier alpha value is -2.61. The smallest absolute Gasteiger partial charge is 0.341 e. The quantitative estimate of drug-likeness (QED) is 0.785. The zero-order valence-electron chi connectivity index (χ0n) is 13.0. The van der Waals surface area contributed by atoms with Crippen molar-refractivity contribution in [1.29, 1.82) is 0 Å². The lowest BCUT2D eigenvalue weighted by atomic mass is 10.1. The lowest BCUT2D eigenvalue weighted by molar-refractivity contribution is -0.139. The largest absolute Gasteiger partial charge is 0.481 e. The van der Waals surface area contributed by atoms with Crippen LogP contribution in [0.4, 0.5) is 5.69 Å². The van der Waals surface area contributed by atoms with Gasteiger partial charge in [0.1, 0.15) is 11.5 Å². The Morgan fingerprint density at radius 1 is 1.12 bits per heavy atom. The number of ether oxygens (including phenoxy) is 1. The van der Waals surface area contributed by atoms with Crippen LogP contribution in [0.2, 0.25) is 0 Å². The van der Waals surface area contributed by atoms with E-state index in [1.807, 2.05) is 0 Å². The van der Waals surface area contributed by atoms with Gasteiger partial charge in [-0.3, -0.25) is 4.79 Å². The molecule has 2 aromatic carbocycles. The van der Waals surface area contributed by atoms with Crippen LogP contribution < -0.4 is 10.1 Å². The van der Waals surface area contributed by atoms with Crippen molar-refractivity contribution in [2.45, 2.75) is 6.92 Å². The predicted molar refractivity (Wildman–Crippen MR) is 90.0 cm³/mol.